The summed E-state index contributed by atoms with van der Waals surface area (Å²) in [6.45, 7) is 0.480. The van der Waals surface area contributed by atoms with Gasteiger partial charge in [-0.15, -0.1) is 0 Å². The second kappa shape index (κ2) is 6.37. The van der Waals surface area contributed by atoms with Gasteiger partial charge in [0.25, 0.3) is 0 Å². The molecule has 19 heavy (non-hydrogen) atoms. The molecule has 0 unspecified atom stereocenters. The number of benzene rings is 2. The van der Waals surface area contributed by atoms with Gasteiger partial charge >= 0.3 is 0 Å². The quantitative estimate of drug-likeness (QED) is 0.898. The normalized spacial score (nSPS) is 10.5. The smallest absolute Gasteiger partial charge is 0.138 e. The van der Waals surface area contributed by atoms with Crippen LogP contribution < -0.4 is 10.5 Å². The molecule has 0 atom stereocenters. The van der Waals surface area contributed by atoms with E-state index in [0.29, 0.717) is 22.9 Å². The molecule has 2 rings (SSSR count). The molecule has 0 spiro atoms. The van der Waals surface area contributed by atoms with Crippen molar-refractivity contribution in [3.8, 4) is 5.75 Å². The van der Waals surface area contributed by atoms with Crippen LogP contribution in [-0.4, -0.2) is 0 Å². The van der Waals surface area contributed by atoms with E-state index in [1.165, 1.54) is 6.07 Å². The Kier molecular flexibility index (Phi) is 4.80. The molecule has 0 saturated heterocycles. The van der Waals surface area contributed by atoms with E-state index in [9.17, 15) is 4.39 Å². The average molecular weight is 345 g/mol. The van der Waals surface area contributed by atoms with Gasteiger partial charge in [-0.05, 0) is 35.9 Å². The monoisotopic (exact) mass is 343 g/mol. The highest BCUT2D eigenvalue weighted by atomic mass is 79.9. The van der Waals surface area contributed by atoms with Crippen LogP contribution >= 0.6 is 27.5 Å². The third-order valence-corrected chi connectivity index (χ3v) is 3.41. The van der Waals surface area contributed by atoms with Gasteiger partial charge < -0.3 is 10.5 Å². The van der Waals surface area contributed by atoms with E-state index in [1.54, 1.807) is 24.3 Å². The highest BCUT2D eigenvalue weighted by Crippen LogP contribution is 2.28. The number of nitrogens with two attached hydrogens (primary N) is 1. The van der Waals surface area contributed by atoms with Crippen LogP contribution in [0.4, 0.5) is 4.39 Å². The van der Waals surface area contributed by atoms with Crippen LogP contribution in [0.1, 0.15) is 11.1 Å². The zero-order valence-electron chi connectivity index (χ0n) is 10.00. The fraction of sp³-hybridized carbons (Fsp3) is 0.143. The summed E-state index contributed by atoms with van der Waals surface area (Å²) in [5.74, 6) is 0.202. The fourth-order valence-electron chi connectivity index (χ4n) is 1.61. The van der Waals surface area contributed by atoms with Crippen LogP contribution in [0.3, 0.4) is 0 Å². The molecule has 5 heteroatoms. The summed E-state index contributed by atoms with van der Waals surface area (Å²) in [6.07, 6.45) is 0. The van der Waals surface area contributed by atoms with Gasteiger partial charge in [-0.3, -0.25) is 0 Å². The molecule has 0 amide bonds. The lowest BCUT2D eigenvalue weighted by Crippen LogP contribution is -2.02. The standard InChI is InChI=1S/C14H12BrClFNO/c15-11-2-4-14(12(16)6-11)19-8-10-5-9(7-18)1-3-13(10)17/h1-6H,7-8,18H2. The third kappa shape index (κ3) is 3.69. The number of rotatable bonds is 4. The second-order valence-electron chi connectivity index (χ2n) is 3.99. The molecule has 2 nitrogen and oxygen atoms in total. The molecule has 0 aliphatic carbocycles. The Hall–Kier alpha value is -1.10. The maximum absolute atomic E-state index is 13.6. The lowest BCUT2D eigenvalue weighted by Gasteiger charge is -2.10. The van der Waals surface area contributed by atoms with Crippen molar-refractivity contribution in [1.29, 1.82) is 0 Å². The van der Waals surface area contributed by atoms with E-state index in [4.69, 9.17) is 22.1 Å². The summed E-state index contributed by atoms with van der Waals surface area (Å²) in [5.41, 5.74) is 6.85. The van der Waals surface area contributed by atoms with E-state index in [-0.39, 0.29) is 12.4 Å². The Balaban J connectivity index is 2.14. The molecule has 100 valence electrons. The minimum atomic E-state index is -0.314. The molecule has 0 aliphatic heterocycles. The molecular weight excluding hydrogens is 333 g/mol. The predicted octanol–water partition coefficient (Wildman–Crippen LogP) is 4.28. The summed E-state index contributed by atoms with van der Waals surface area (Å²) < 4.78 is 20.0. The van der Waals surface area contributed by atoms with Gasteiger partial charge in [0.05, 0.1) is 5.02 Å². The van der Waals surface area contributed by atoms with Crippen molar-refractivity contribution >= 4 is 27.5 Å². The van der Waals surface area contributed by atoms with Crippen LogP contribution in [0.5, 0.6) is 5.75 Å². The zero-order chi connectivity index (χ0) is 13.8. The van der Waals surface area contributed by atoms with Crippen LogP contribution in [-0.2, 0) is 13.2 Å². The van der Waals surface area contributed by atoms with Crippen LogP contribution in [0.15, 0.2) is 40.9 Å². The lowest BCUT2D eigenvalue weighted by atomic mass is 10.1. The zero-order valence-corrected chi connectivity index (χ0v) is 12.3. The predicted molar refractivity (Wildman–Crippen MR) is 77.8 cm³/mol. The summed E-state index contributed by atoms with van der Waals surface area (Å²) in [6, 6.07) is 10.0. The fourth-order valence-corrected chi connectivity index (χ4v) is 2.34. The molecule has 2 aromatic rings. The SMILES string of the molecule is NCc1ccc(F)c(COc2ccc(Br)cc2Cl)c1. The van der Waals surface area contributed by atoms with Gasteiger partial charge in [-0.1, -0.05) is 33.6 Å². The maximum atomic E-state index is 13.6. The summed E-state index contributed by atoms with van der Waals surface area (Å²) in [5, 5.41) is 0.477. The van der Waals surface area contributed by atoms with E-state index < -0.39 is 0 Å². The van der Waals surface area contributed by atoms with Crippen LogP contribution in [0.2, 0.25) is 5.02 Å². The van der Waals surface area contributed by atoms with Crippen molar-refractivity contribution < 1.29 is 9.13 Å². The molecule has 0 saturated carbocycles. The highest BCUT2D eigenvalue weighted by Gasteiger charge is 2.07. The van der Waals surface area contributed by atoms with Gasteiger partial charge in [0, 0.05) is 16.6 Å². The minimum Gasteiger partial charge on any atom is -0.487 e. The number of hydrogen-bond donors (Lipinski definition) is 1. The second-order valence-corrected chi connectivity index (χ2v) is 5.32. The molecule has 0 aromatic heterocycles. The molecule has 0 heterocycles. The van der Waals surface area contributed by atoms with E-state index in [0.717, 1.165) is 10.0 Å². The van der Waals surface area contributed by atoms with Gasteiger partial charge in [0.1, 0.15) is 18.2 Å². The summed E-state index contributed by atoms with van der Waals surface area (Å²) >= 11 is 9.33. The highest BCUT2D eigenvalue weighted by molar-refractivity contribution is 9.10. The van der Waals surface area contributed by atoms with Crippen LogP contribution in [0.25, 0.3) is 0 Å². The molecule has 0 aliphatic rings. The largest absolute Gasteiger partial charge is 0.487 e. The Morgan fingerprint density at radius 3 is 2.68 bits per heavy atom. The van der Waals surface area contributed by atoms with E-state index in [1.807, 2.05) is 6.07 Å². The molecule has 2 aromatic carbocycles. The van der Waals surface area contributed by atoms with Gasteiger partial charge in [0.2, 0.25) is 0 Å². The van der Waals surface area contributed by atoms with Crippen molar-refractivity contribution in [3.63, 3.8) is 0 Å². The van der Waals surface area contributed by atoms with Crippen molar-refractivity contribution in [3.05, 3.63) is 62.8 Å². The molecule has 0 fully saturated rings. The summed E-state index contributed by atoms with van der Waals surface area (Å²) in [4.78, 5) is 0. The summed E-state index contributed by atoms with van der Waals surface area (Å²) in [7, 11) is 0. The van der Waals surface area contributed by atoms with Crippen LogP contribution in [0, 0.1) is 5.82 Å². The molecule has 2 N–H and O–H groups in total. The van der Waals surface area contributed by atoms with Gasteiger partial charge in [0.15, 0.2) is 0 Å². The van der Waals surface area contributed by atoms with E-state index in [2.05, 4.69) is 15.9 Å². The van der Waals surface area contributed by atoms with Gasteiger partial charge in [-0.25, -0.2) is 4.39 Å². The molecular formula is C14H12BrClFNO. The van der Waals surface area contributed by atoms with Gasteiger partial charge in [-0.2, -0.15) is 0 Å². The maximum Gasteiger partial charge on any atom is 0.138 e. The first-order valence-corrected chi connectivity index (χ1v) is 6.82. The first kappa shape index (κ1) is 14.3. The first-order valence-electron chi connectivity index (χ1n) is 5.65. The Bertz CT molecular complexity index is 592. The Morgan fingerprint density at radius 1 is 1.21 bits per heavy atom. The van der Waals surface area contributed by atoms with Crippen molar-refractivity contribution in [1.82, 2.24) is 0 Å². The number of ether oxygens (including phenoxy) is 1. The minimum absolute atomic E-state index is 0.112. The first-order chi connectivity index (χ1) is 9.10. The van der Waals surface area contributed by atoms with Crippen molar-refractivity contribution in [2.75, 3.05) is 0 Å². The molecule has 0 bridgehead atoms. The van der Waals surface area contributed by atoms with E-state index >= 15 is 0 Å². The topological polar surface area (TPSA) is 35.2 Å². The van der Waals surface area contributed by atoms with Crippen molar-refractivity contribution in [2.24, 2.45) is 5.73 Å². The van der Waals surface area contributed by atoms with Crippen molar-refractivity contribution in [2.45, 2.75) is 13.2 Å². The Labute approximate surface area is 124 Å². The number of halogens is 3. The Morgan fingerprint density at radius 2 is 2.00 bits per heavy atom. The average Bonchev–Trinajstić information content (AvgIpc) is 2.39. The number of hydrogen-bond acceptors (Lipinski definition) is 2. The molecule has 0 radical (unpaired) electrons. The third-order valence-electron chi connectivity index (χ3n) is 2.62. The lowest BCUT2D eigenvalue weighted by molar-refractivity contribution is 0.300.